The number of ether oxygens (including phenoxy) is 1. The highest BCUT2D eigenvalue weighted by atomic mass is 16.5. The molecule has 0 atom stereocenters. The van der Waals surface area contributed by atoms with Crippen molar-refractivity contribution in [2.24, 2.45) is 5.92 Å². The Morgan fingerprint density at radius 2 is 1.87 bits per heavy atom. The normalized spacial score (nSPS) is 13.2. The number of nitrogens with one attached hydrogen (secondary N) is 2. The summed E-state index contributed by atoms with van der Waals surface area (Å²) in [6.45, 7) is 1.15. The van der Waals surface area contributed by atoms with Crippen LogP contribution in [0.2, 0.25) is 0 Å². The van der Waals surface area contributed by atoms with E-state index in [1.165, 1.54) is 0 Å². The molecule has 30 heavy (non-hydrogen) atoms. The number of imidazole rings is 1. The molecule has 2 amide bonds. The van der Waals surface area contributed by atoms with E-state index in [0.29, 0.717) is 19.5 Å². The van der Waals surface area contributed by atoms with Gasteiger partial charge in [0.05, 0.1) is 18.1 Å². The lowest BCUT2D eigenvalue weighted by Gasteiger charge is -2.11. The molecule has 1 aliphatic carbocycles. The number of carbonyl (C=O) groups excluding carboxylic acids is 2. The van der Waals surface area contributed by atoms with E-state index in [-0.39, 0.29) is 24.3 Å². The lowest BCUT2D eigenvalue weighted by molar-refractivity contribution is -0.123. The lowest BCUT2D eigenvalue weighted by atomic mass is 10.2. The molecule has 2 N–H and O–H groups in total. The summed E-state index contributed by atoms with van der Waals surface area (Å²) >= 11 is 0. The number of aromatic nitrogens is 2. The van der Waals surface area contributed by atoms with Crippen molar-refractivity contribution in [3.05, 3.63) is 59.9 Å². The minimum atomic E-state index is -0.0859. The second-order valence-corrected chi connectivity index (χ2v) is 7.54. The predicted octanol–water partition coefficient (Wildman–Crippen LogP) is 2.43. The van der Waals surface area contributed by atoms with Gasteiger partial charge >= 0.3 is 0 Å². The first-order valence-electron chi connectivity index (χ1n) is 10.3. The van der Waals surface area contributed by atoms with Crippen molar-refractivity contribution in [1.29, 1.82) is 0 Å². The third-order valence-electron chi connectivity index (χ3n) is 5.28. The van der Waals surface area contributed by atoms with Crippen molar-refractivity contribution in [1.82, 2.24) is 20.2 Å². The van der Waals surface area contributed by atoms with Crippen LogP contribution < -0.4 is 15.4 Å². The van der Waals surface area contributed by atoms with Gasteiger partial charge in [-0.05, 0) is 42.7 Å². The van der Waals surface area contributed by atoms with Gasteiger partial charge in [0.25, 0.3) is 0 Å². The van der Waals surface area contributed by atoms with Crippen LogP contribution in [0, 0.1) is 5.92 Å². The van der Waals surface area contributed by atoms with E-state index in [9.17, 15) is 9.59 Å². The second kappa shape index (κ2) is 8.98. The van der Waals surface area contributed by atoms with Gasteiger partial charge in [0.1, 0.15) is 18.1 Å². The van der Waals surface area contributed by atoms with Crippen molar-refractivity contribution in [3.63, 3.8) is 0 Å². The maximum Gasteiger partial charge on any atom is 0.240 e. The van der Waals surface area contributed by atoms with Crippen LogP contribution >= 0.6 is 0 Å². The Kier molecular flexibility index (Phi) is 5.97. The molecule has 0 unspecified atom stereocenters. The van der Waals surface area contributed by atoms with Crippen molar-refractivity contribution in [3.8, 4) is 5.75 Å². The summed E-state index contributed by atoms with van der Waals surface area (Å²) in [7, 11) is 1.63. The largest absolute Gasteiger partial charge is 0.497 e. The SMILES string of the molecule is COc1ccc(CNC(=O)Cn2c(CCNC(=O)C3CC3)nc3ccccc32)cc1. The van der Waals surface area contributed by atoms with Gasteiger partial charge in [0.2, 0.25) is 11.8 Å². The molecule has 0 bridgehead atoms. The molecule has 0 saturated heterocycles. The summed E-state index contributed by atoms with van der Waals surface area (Å²) in [4.78, 5) is 29.2. The third kappa shape index (κ3) is 4.79. The van der Waals surface area contributed by atoms with E-state index in [0.717, 1.165) is 41.0 Å². The average molecular weight is 406 g/mol. The quantitative estimate of drug-likeness (QED) is 0.572. The van der Waals surface area contributed by atoms with Crippen LogP contribution in [0.1, 0.15) is 24.2 Å². The van der Waals surface area contributed by atoms with Gasteiger partial charge < -0.3 is 19.9 Å². The molecular weight excluding hydrogens is 380 g/mol. The van der Waals surface area contributed by atoms with Crippen LogP contribution in [0.15, 0.2) is 48.5 Å². The standard InChI is InChI=1S/C23H26N4O3/c1-30-18-10-6-16(7-11-18)14-25-22(28)15-27-20-5-3-2-4-19(20)26-21(27)12-13-24-23(29)17-8-9-17/h2-7,10-11,17H,8-9,12-15H2,1H3,(H,24,29)(H,25,28). The summed E-state index contributed by atoms with van der Waals surface area (Å²) < 4.78 is 7.09. The van der Waals surface area contributed by atoms with Crippen molar-refractivity contribution in [2.45, 2.75) is 32.4 Å². The summed E-state index contributed by atoms with van der Waals surface area (Å²) in [5.41, 5.74) is 2.77. The van der Waals surface area contributed by atoms with E-state index in [1.807, 2.05) is 53.1 Å². The minimum Gasteiger partial charge on any atom is -0.497 e. The lowest BCUT2D eigenvalue weighted by Crippen LogP contribution is -2.30. The van der Waals surface area contributed by atoms with Crippen LogP contribution in [0.25, 0.3) is 11.0 Å². The summed E-state index contributed by atoms with van der Waals surface area (Å²) in [6, 6.07) is 15.4. The highest BCUT2D eigenvalue weighted by Gasteiger charge is 2.29. The number of amides is 2. The smallest absolute Gasteiger partial charge is 0.240 e. The Bertz CT molecular complexity index is 1040. The van der Waals surface area contributed by atoms with Gasteiger partial charge in [0.15, 0.2) is 0 Å². The molecular formula is C23H26N4O3. The molecule has 1 saturated carbocycles. The molecule has 156 valence electrons. The highest BCUT2D eigenvalue weighted by Crippen LogP contribution is 2.28. The van der Waals surface area contributed by atoms with Crippen LogP contribution in [-0.2, 0) is 29.1 Å². The molecule has 0 radical (unpaired) electrons. The van der Waals surface area contributed by atoms with Gasteiger partial charge in [-0.1, -0.05) is 24.3 Å². The molecule has 2 aromatic carbocycles. The molecule has 3 aromatic rings. The van der Waals surface area contributed by atoms with Crippen molar-refractivity contribution >= 4 is 22.8 Å². The van der Waals surface area contributed by atoms with E-state index < -0.39 is 0 Å². The number of methoxy groups -OCH3 is 1. The first-order chi connectivity index (χ1) is 14.6. The van der Waals surface area contributed by atoms with E-state index in [1.54, 1.807) is 7.11 Å². The highest BCUT2D eigenvalue weighted by molar-refractivity contribution is 5.82. The summed E-state index contributed by atoms with van der Waals surface area (Å²) in [5, 5.41) is 5.94. The number of nitrogens with zero attached hydrogens (tertiary/aromatic N) is 2. The summed E-state index contributed by atoms with van der Waals surface area (Å²) in [5.74, 6) is 1.81. The number of hydrogen-bond acceptors (Lipinski definition) is 4. The monoisotopic (exact) mass is 406 g/mol. The molecule has 1 fully saturated rings. The van der Waals surface area contributed by atoms with E-state index in [4.69, 9.17) is 4.74 Å². The number of benzene rings is 2. The average Bonchev–Trinajstić information content (AvgIpc) is 3.57. The second-order valence-electron chi connectivity index (χ2n) is 7.54. The fraction of sp³-hybridized carbons (Fsp3) is 0.348. The Morgan fingerprint density at radius 1 is 1.10 bits per heavy atom. The van der Waals surface area contributed by atoms with Crippen molar-refractivity contribution in [2.75, 3.05) is 13.7 Å². The van der Waals surface area contributed by atoms with Gasteiger partial charge in [0, 0.05) is 25.4 Å². The van der Waals surface area contributed by atoms with Crippen LogP contribution in [-0.4, -0.2) is 35.0 Å². The van der Waals surface area contributed by atoms with Crippen LogP contribution in [0.3, 0.4) is 0 Å². The molecule has 1 heterocycles. The number of rotatable bonds is 9. The Balaban J connectivity index is 1.40. The first-order valence-corrected chi connectivity index (χ1v) is 10.3. The maximum absolute atomic E-state index is 12.6. The Hall–Kier alpha value is -3.35. The zero-order valence-electron chi connectivity index (χ0n) is 17.1. The fourth-order valence-electron chi connectivity index (χ4n) is 3.42. The maximum atomic E-state index is 12.6. The zero-order valence-corrected chi connectivity index (χ0v) is 17.1. The molecule has 4 rings (SSSR count). The van der Waals surface area contributed by atoms with Crippen LogP contribution in [0.5, 0.6) is 5.75 Å². The zero-order chi connectivity index (χ0) is 20.9. The predicted molar refractivity (Wildman–Crippen MR) is 114 cm³/mol. The van der Waals surface area contributed by atoms with Gasteiger partial charge in [-0.2, -0.15) is 0 Å². The Labute approximate surface area is 175 Å². The van der Waals surface area contributed by atoms with E-state index in [2.05, 4.69) is 15.6 Å². The number of carbonyl (C=O) groups is 2. The molecule has 0 spiro atoms. The van der Waals surface area contributed by atoms with Gasteiger partial charge in [-0.15, -0.1) is 0 Å². The number of fused-ring (bicyclic) bond motifs is 1. The molecule has 1 aliphatic rings. The first kappa shape index (κ1) is 19.9. The number of para-hydroxylation sites is 2. The minimum absolute atomic E-state index is 0.0859. The summed E-state index contributed by atoms with van der Waals surface area (Å²) in [6.07, 6.45) is 2.55. The van der Waals surface area contributed by atoms with E-state index >= 15 is 0 Å². The molecule has 7 heteroatoms. The topological polar surface area (TPSA) is 85.2 Å². The van der Waals surface area contributed by atoms with Gasteiger partial charge in [-0.25, -0.2) is 4.98 Å². The fourth-order valence-corrected chi connectivity index (χ4v) is 3.42. The number of hydrogen-bond donors (Lipinski definition) is 2. The van der Waals surface area contributed by atoms with Crippen molar-refractivity contribution < 1.29 is 14.3 Å². The Morgan fingerprint density at radius 3 is 2.60 bits per heavy atom. The van der Waals surface area contributed by atoms with Gasteiger partial charge in [-0.3, -0.25) is 9.59 Å². The molecule has 7 nitrogen and oxygen atoms in total. The molecule has 1 aromatic heterocycles. The third-order valence-corrected chi connectivity index (χ3v) is 5.28. The van der Waals surface area contributed by atoms with Crippen LogP contribution in [0.4, 0.5) is 0 Å². The molecule has 0 aliphatic heterocycles.